The maximum atomic E-state index is 12.5. The second kappa shape index (κ2) is 9.88. The molecule has 11 heteroatoms. The summed E-state index contributed by atoms with van der Waals surface area (Å²) in [6, 6.07) is -3.61. The van der Waals surface area contributed by atoms with E-state index in [-0.39, 0.29) is 17.4 Å². The number of hydrogen-bond donors (Lipinski definition) is 6. The number of aliphatic carboxylic acids is 1. The fourth-order valence-corrected chi connectivity index (χ4v) is 2.85. The number of carboxylic acids is 1. The topological polar surface area (TPSA) is 142 Å². The standard InChI is InChI=1S/C14H24N4O5S2/c1-7(14(22)23)16-11(19)9(6-25)17-12(20)10-3-2-4-18(10)13(21)8(15)5-24/h7-10,24-25H,2-6,15H2,1H3,(H,16,19)(H,17,20)(H,22,23). The molecule has 1 aliphatic rings. The van der Waals surface area contributed by atoms with Gasteiger partial charge < -0.3 is 26.4 Å². The molecule has 0 radical (unpaired) electrons. The van der Waals surface area contributed by atoms with Crippen molar-refractivity contribution in [2.24, 2.45) is 5.73 Å². The number of nitrogens with two attached hydrogens (primary N) is 1. The summed E-state index contributed by atoms with van der Waals surface area (Å²) < 4.78 is 0. The third kappa shape index (κ3) is 5.79. The summed E-state index contributed by atoms with van der Waals surface area (Å²) in [5.74, 6) is -2.54. The van der Waals surface area contributed by atoms with Crippen molar-refractivity contribution in [2.45, 2.75) is 43.9 Å². The molecule has 25 heavy (non-hydrogen) atoms. The third-order valence-corrected chi connectivity index (χ3v) is 4.66. The zero-order valence-corrected chi connectivity index (χ0v) is 15.6. The molecule has 5 N–H and O–H groups in total. The fraction of sp³-hybridized carbons (Fsp3) is 0.714. The Hall–Kier alpha value is -1.46. The molecule has 1 fully saturated rings. The van der Waals surface area contributed by atoms with Crippen molar-refractivity contribution in [3.63, 3.8) is 0 Å². The van der Waals surface area contributed by atoms with Gasteiger partial charge in [-0.1, -0.05) is 0 Å². The highest BCUT2D eigenvalue weighted by atomic mass is 32.1. The molecule has 0 aromatic heterocycles. The van der Waals surface area contributed by atoms with E-state index in [2.05, 4.69) is 35.9 Å². The Kier molecular flexibility index (Phi) is 8.53. The average Bonchev–Trinajstić information content (AvgIpc) is 3.07. The Labute approximate surface area is 156 Å². The average molecular weight is 393 g/mol. The normalized spacial score (nSPS) is 20.5. The number of carbonyl (C=O) groups is 4. The van der Waals surface area contributed by atoms with Gasteiger partial charge in [0.15, 0.2) is 0 Å². The number of thiol groups is 2. The van der Waals surface area contributed by atoms with Crippen LogP contribution in [0.3, 0.4) is 0 Å². The number of carbonyl (C=O) groups excluding carboxylic acids is 3. The summed E-state index contributed by atoms with van der Waals surface area (Å²) in [7, 11) is 0. The highest BCUT2D eigenvalue weighted by Crippen LogP contribution is 2.18. The maximum absolute atomic E-state index is 12.5. The molecule has 1 heterocycles. The van der Waals surface area contributed by atoms with E-state index >= 15 is 0 Å². The Balaban J connectivity index is 2.72. The smallest absolute Gasteiger partial charge is 0.325 e. The van der Waals surface area contributed by atoms with Crippen LogP contribution in [0, 0.1) is 0 Å². The summed E-state index contributed by atoms with van der Waals surface area (Å²) in [5.41, 5.74) is 5.69. The molecule has 142 valence electrons. The van der Waals surface area contributed by atoms with Crippen LogP contribution < -0.4 is 16.4 Å². The van der Waals surface area contributed by atoms with Gasteiger partial charge in [0, 0.05) is 18.1 Å². The predicted octanol–water partition coefficient (Wildman–Crippen LogP) is -1.76. The van der Waals surface area contributed by atoms with Crippen molar-refractivity contribution in [3.05, 3.63) is 0 Å². The van der Waals surface area contributed by atoms with Gasteiger partial charge in [0.2, 0.25) is 17.7 Å². The summed E-state index contributed by atoms with van der Waals surface area (Å²) in [6.45, 7) is 1.72. The van der Waals surface area contributed by atoms with E-state index in [9.17, 15) is 19.2 Å². The van der Waals surface area contributed by atoms with Gasteiger partial charge in [-0.3, -0.25) is 19.2 Å². The molecular weight excluding hydrogens is 368 g/mol. The predicted molar refractivity (Wildman–Crippen MR) is 97.6 cm³/mol. The number of hydrogen-bond acceptors (Lipinski definition) is 7. The molecule has 3 amide bonds. The second-order valence-corrected chi connectivity index (χ2v) is 6.52. The largest absolute Gasteiger partial charge is 0.480 e. The zero-order valence-electron chi connectivity index (χ0n) is 13.8. The first-order valence-electron chi connectivity index (χ1n) is 7.84. The van der Waals surface area contributed by atoms with Crippen LogP contribution in [0.25, 0.3) is 0 Å². The Bertz CT molecular complexity index is 533. The van der Waals surface area contributed by atoms with Crippen molar-refractivity contribution in [1.82, 2.24) is 15.5 Å². The van der Waals surface area contributed by atoms with Crippen LogP contribution in [0.4, 0.5) is 0 Å². The van der Waals surface area contributed by atoms with E-state index in [1.807, 2.05) is 0 Å². The number of nitrogens with zero attached hydrogens (tertiary/aromatic N) is 1. The first-order valence-corrected chi connectivity index (χ1v) is 9.10. The van der Waals surface area contributed by atoms with Crippen LogP contribution in [0.5, 0.6) is 0 Å². The number of carboxylic acid groups (broad SMARTS) is 1. The molecule has 1 rings (SSSR count). The van der Waals surface area contributed by atoms with Crippen molar-refractivity contribution < 1.29 is 24.3 Å². The molecule has 0 spiro atoms. The molecular formula is C14H24N4O5S2. The van der Waals surface area contributed by atoms with Crippen molar-refractivity contribution in [2.75, 3.05) is 18.1 Å². The first kappa shape index (κ1) is 21.6. The van der Waals surface area contributed by atoms with Crippen LogP contribution >= 0.6 is 25.3 Å². The lowest BCUT2D eigenvalue weighted by Crippen LogP contribution is -2.57. The second-order valence-electron chi connectivity index (χ2n) is 5.79. The molecule has 0 aromatic rings. The molecule has 0 aromatic carbocycles. The molecule has 1 aliphatic heterocycles. The lowest BCUT2D eigenvalue weighted by molar-refractivity contribution is -0.142. The fourth-order valence-electron chi connectivity index (χ4n) is 2.43. The van der Waals surface area contributed by atoms with Crippen LogP contribution in [0.1, 0.15) is 19.8 Å². The molecule has 4 atom stereocenters. The number of amides is 3. The number of rotatable bonds is 8. The summed E-state index contributed by atoms with van der Waals surface area (Å²) in [5, 5.41) is 13.6. The Morgan fingerprint density at radius 1 is 1.24 bits per heavy atom. The van der Waals surface area contributed by atoms with Gasteiger partial charge in [0.25, 0.3) is 0 Å². The van der Waals surface area contributed by atoms with E-state index in [4.69, 9.17) is 10.8 Å². The van der Waals surface area contributed by atoms with Crippen LogP contribution in [-0.4, -0.2) is 75.9 Å². The van der Waals surface area contributed by atoms with Gasteiger partial charge in [-0.2, -0.15) is 25.3 Å². The van der Waals surface area contributed by atoms with E-state index < -0.39 is 42.0 Å². The quantitative estimate of drug-likeness (QED) is 0.270. The SMILES string of the molecule is CC(NC(=O)C(CS)NC(=O)C1CCCN1C(=O)C(N)CS)C(=O)O. The van der Waals surface area contributed by atoms with Crippen molar-refractivity contribution in [3.8, 4) is 0 Å². The van der Waals surface area contributed by atoms with Gasteiger partial charge >= 0.3 is 5.97 Å². The first-order chi connectivity index (χ1) is 11.7. The summed E-state index contributed by atoms with van der Waals surface area (Å²) in [6.07, 6.45) is 1.11. The van der Waals surface area contributed by atoms with E-state index in [0.717, 1.165) is 0 Å². The van der Waals surface area contributed by atoms with Gasteiger partial charge in [0.05, 0.1) is 6.04 Å². The van der Waals surface area contributed by atoms with E-state index in [1.54, 1.807) is 0 Å². The highest BCUT2D eigenvalue weighted by Gasteiger charge is 2.37. The lowest BCUT2D eigenvalue weighted by atomic mass is 10.1. The van der Waals surface area contributed by atoms with Gasteiger partial charge in [-0.15, -0.1) is 0 Å². The summed E-state index contributed by atoms with van der Waals surface area (Å²) in [4.78, 5) is 48.9. The van der Waals surface area contributed by atoms with Crippen LogP contribution in [0.15, 0.2) is 0 Å². The minimum Gasteiger partial charge on any atom is -0.480 e. The third-order valence-electron chi connectivity index (χ3n) is 3.90. The van der Waals surface area contributed by atoms with Gasteiger partial charge in [-0.05, 0) is 19.8 Å². The van der Waals surface area contributed by atoms with E-state index in [0.29, 0.717) is 19.4 Å². The maximum Gasteiger partial charge on any atom is 0.325 e. The number of likely N-dealkylation sites (tertiary alicyclic amines) is 1. The highest BCUT2D eigenvalue weighted by molar-refractivity contribution is 7.80. The molecule has 1 saturated heterocycles. The van der Waals surface area contributed by atoms with Crippen LogP contribution in [0.2, 0.25) is 0 Å². The Morgan fingerprint density at radius 2 is 1.88 bits per heavy atom. The lowest BCUT2D eigenvalue weighted by Gasteiger charge is -2.27. The molecule has 4 unspecified atom stereocenters. The van der Waals surface area contributed by atoms with Gasteiger partial charge in [-0.25, -0.2) is 0 Å². The zero-order chi connectivity index (χ0) is 19.1. The number of nitrogens with one attached hydrogen (secondary N) is 2. The summed E-state index contributed by atoms with van der Waals surface area (Å²) >= 11 is 8.01. The molecule has 9 nitrogen and oxygen atoms in total. The van der Waals surface area contributed by atoms with Gasteiger partial charge in [0.1, 0.15) is 18.1 Å². The molecule has 0 saturated carbocycles. The molecule has 0 aliphatic carbocycles. The van der Waals surface area contributed by atoms with Crippen molar-refractivity contribution in [1.29, 1.82) is 0 Å². The monoisotopic (exact) mass is 392 g/mol. The minimum atomic E-state index is -1.19. The minimum absolute atomic E-state index is 0.0132. The van der Waals surface area contributed by atoms with E-state index in [1.165, 1.54) is 11.8 Å². The Morgan fingerprint density at radius 3 is 2.40 bits per heavy atom. The molecule has 0 bridgehead atoms. The van der Waals surface area contributed by atoms with Crippen molar-refractivity contribution >= 4 is 48.9 Å². The van der Waals surface area contributed by atoms with Crippen LogP contribution in [-0.2, 0) is 19.2 Å².